The number of imidazole rings is 1. The molecule has 0 spiro atoms. The maximum atomic E-state index is 12.6. The predicted octanol–water partition coefficient (Wildman–Crippen LogP) is 4.78. The number of aromatic amines is 1. The highest BCUT2D eigenvalue weighted by atomic mass is 16.5. The van der Waals surface area contributed by atoms with Crippen molar-refractivity contribution in [3.63, 3.8) is 0 Å². The number of imide groups is 1. The maximum absolute atomic E-state index is 12.6. The molecule has 272 valence electrons. The van der Waals surface area contributed by atoms with Crippen molar-refractivity contribution in [2.75, 3.05) is 57.2 Å². The first kappa shape index (κ1) is 34.9. The molecule has 1 atom stereocenters. The van der Waals surface area contributed by atoms with Crippen LogP contribution in [-0.2, 0) is 9.59 Å². The standard InChI is InChI=1S/C23H33N3O3.C15H12N6O2/c1-29-21-15-18(7-8-19(21)20-9-10-22(27)24-23(20)28)26-13-11-25(12-14-26)16-17-5-3-2-4-6-17;1-23-12-6-11-9(7-17-20-11)5-10(12)15(22)19-14-8-16-13-3-2-4-18-21(13)14/h7-8,15,17,20H,2-6,9-14,16H2,1H3,(H,24,27,28);2-8H,1H3,(H,17,20)(H,19,22). The summed E-state index contributed by atoms with van der Waals surface area (Å²) in [6, 6.07) is 13.2. The molecule has 3 aromatic heterocycles. The van der Waals surface area contributed by atoms with Gasteiger partial charge in [-0.1, -0.05) is 25.3 Å². The van der Waals surface area contributed by atoms with E-state index in [1.165, 1.54) is 45.8 Å². The van der Waals surface area contributed by atoms with Crippen molar-refractivity contribution >= 4 is 45.8 Å². The van der Waals surface area contributed by atoms with Gasteiger partial charge in [0.1, 0.15) is 11.5 Å². The largest absolute Gasteiger partial charge is 0.496 e. The number of amides is 3. The van der Waals surface area contributed by atoms with Crippen LogP contribution < -0.4 is 25.0 Å². The molecule has 0 radical (unpaired) electrons. The second kappa shape index (κ2) is 15.8. The molecule has 1 aliphatic carbocycles. The van der Waals surface area contributed by atoms with Crippen LogP contribution in [-0.4, -0.2) is 94.4 Å². The highest BCUT2D eigenvalue weighted by molar-refractivity contribution is 6.08. The van der Waals surface area contributed by atoms with E-state index in [0.717, 1.165) is 60.0 Å². The van der Waals surface area contributed by atoms with Gasteiger partial charge < -0.3 is 19.7 Å². The summed E-state index contributed by atoms with van der Waals surface area (Å²) in [5.74, 6) is 1.55. The zero-order valence-electron chi connectivity index (χ0n) is 29.6. The van der Waals surface area contributed by atoms with E-state index >= 15 is 0 Å². The number of hydrogen-bond donors (Lipinski definition) is 3. The van der Waals surface area contributed by atoms with Crippen molar-refractivity contribution < 1.29 is 23.9 Å². The lowest BCUT2D eigenvalue weighted by Crippen LogP contribution is -2.48. The summed E-state index contributed by atoms with van der Waals surface area (Å²) < 4.78 is 12.5. The molecule has 1 saturated carbocycles. The van der Waals surface area contributed by atoms with Gasteiger partial charge in [0.25, 0.3) is 5.91 Å². The second-order valence-corrected chi connectivity index (χ2v) is 13.6. The van der Waals surface area contributed by atoms with Gasteiger partial charge in [-0.15, -0.1) is 0 Å². The number of aromatic nitrogens is 5. The van der Waals surface area contributed by atoms with Gasteiger partial charge in [-0.2, -0.15) is 14.7 Å². The van der Waals surface area contributed by atoms with E-state index in [2.05, 4.69) is 52.8 Å². The highest BCUT2D eigenvalue weighted by Crippen LogP contribution is 2.35. The first-order chi connectivity index (χ1) is 25.4. The fourth-order valence-electron chi connectivity index (χ4n) is 7.51. The molecule has 8 rings (SSSR count). The van der Waals surface area contributed by atoms with E-state index in [9.17, 15) is 14.4 Å². The number of methoxy groups -OCH3 is 2. The van der Waals surface area contributed by atoms with Crippen molar-refractivity contribution in [3.8, 4) is 11.5 Å². The number of rotatable bonds is 8. The van der Waals surface area contributed by atoms with E-state index < -0.39 is 0 Å². The van der Waals surface area contributed by atoms with Crippen molar-refractivity contribution in [2.24, 2.45) is 5.92 Å². The third kappa shape index (κ3) is 7.71. The number of carbonyl (C=O) groups excluding carboxylic acids is 3. The van der Waals surface area contributed by atoms with E-state index in [1.807, 2.05) is 6.07 Å². The molecule has 0 bridgehead atoms. The predicted molar refractivity (Wildman–Crippen MR) is 197 cm³/mol. The normalized spacial score (nSPS) is 18.5. The highest BCUT2D eigenvalue weighted by Gasteiger charge is 2.31. The topological polar surface area (TPSA) is 159 Å². The Morgan fingerprint density at radius 2 is 1.75 bits per heavy atom. The molecule has 2 aliphatic heterocycles. The van der Waals surface area contributed by atoms with Gasteiger partial charge in [-0.3, -0.25) is 29.7 Å². The van der Waals surface area contributed by atoms with Crippen LogP contribution in [0.15, 0.2) is 61.1 Å². The molecular formula is C38H45N9O5. The summed E-state index contributed by atoms with van der Waals surface area (Å²) in [5, 5.41) is 17.0. The van der Waals surface area contributed by atoms with E-state index in [-0.39, 0.29) is 23.6 Å². The molecule has 3 N–H and O–H groups in total. The fourth-order valence-corrected chi connectivity index (χ4v) is 7.51. The SMILES string of the molecule is COc1cc(N2CCN(CC3CCCCC3)CC2)ccc1C1CCC(=O)NC1=O.COc1cc2[nH]ncc2cc1C(=O)Nc1cnc2cccnn12. The lowest BCUT2D eigenvalue weighted by atomic mass is 9.89. The summed E-state index contributed by atoms with van der Waals surface area (Å²) >= 11 is 0. The molecular weight excluding hydrogens is 662 g/mol. The first-order valence-corrected chi connectivity index (χ1v) is 18.0. The molecule has 2 saturated heterocycles. The van der Waals surface area contributed by atoms with Crippen LogP contribution in [0.5, 0.6) is 11.5 Å². The number of carbonyl (C=O) groups is 3. The van der Waals surface area contributed by atoms with Crippen LogP contribution in [0.25, 0.3) is 16.6 Å². The monoisotopic (exact) mass is 707 g/mol. The molecule has 3 amide bonds. The maximum Gasteiger partial charge on any atom is 0.260 e. The van der Waals surface area contributed by atoms with Crippen LogP contribution >= 0.6 is 0 Å². The summed E-state index contributed by atoms with van der Waals surface area (Å²) in [6.07, 6.45) is 12.8. The van der Waals surface area contributed by atoms with Crippen LogP contribution in [0, 0.1) is 5.92 Å². The summed E-state index contributed by atoms with van der Waals surface area (Å²) in [6.45, 7) is 5.51. The molecule has 2 aromatic carbocycles. The van der Waals surface area contributed by atoms with Crippen LogP contribution in [0.2, 0.25) is 0 Å². The smallest absolute Gasteiger partial charge is 0.260 e. The summed E-state index contributed by atoms with van der Waals surface area (Å²) in [5.41, 5.74) is 3.88. The third-order valence-electron chi connectivity index (χ3n) is 10.3. The molecule has 1 unspecified atom stereocenters. The van der Waals surface area contributed by atoms with Gasteiger partial charge in [0.2, 0.25) is 11.8 Å². The van der Waals surface area contributed by atoms with Crippen LogP contribution in [0.1, 0.15) is 66.8 Å². The zero-order chi connectivity index (χ0) is 36.0. The van der Waals surface area contributed by atoms with Crippen LogP contribution in [0.4, 0.5) is 11.5 Å². The molecule has 3 fully saturated rings. The molecule has 14 heteroatoms. The summed E-state index contributed by atoms with van der Waals surface area (Å²) in [4.78, 5) is 45.5. The van der Waals surface area contributed by atoms with Crippen molar-refractivity contribution in [2.45, 2.75) is 50.9 Å². The van der Waals surface area contributed by atoms with Crippen molar-refractivity contribution in [1.29, 1.82) is 0 Å². The Morgan fingerprint density at radius 1 is 0.942 bits per heavy atom. The molecule has 3 aliphatic rings. The number of hydrogen-bond acceptors (Lipinski definition) is 10. The number of fused-ring (bicyclic) bond motifs is 2. The molecule has 5 heterocycles. The Morgan fingerprint density at radius 3 is 2.52 bits per heavy atom. The number of anilines is 2. The Balaban J connectivity index is 0.000000166. The number of nitrogens with zero attached hydrogens (tertiary/aromatic N) is 6. The van der Waals surface area contributed by atoms with Gasteiger partial charge in [0.05, 0.1) is 43.6 Å². The van der Waals surface area contributed by atoms with Gasteiger partial charge in [-0.25, -0.2) is 4.98 Å². The van der Waals surface area contributed by atoms with Crippen molar-refractivity contribution in [1.82, 2.24) is 35.0 Å². The van der Waals surface area contributed by atoms with Gasteiger partial charge in [-0.05, 0) is 49.4 Å². The minimum absolute atomic E-state index is 0.187. The molecule has 52 heavy (non-hydrogen) atoms. The van der Waals surface area contributed by atoms with Crippen molar-refractivity contribution in [3.05, 3.63) is 72.2 Å². The molecule has 14 nitrogen and oxygen atoms in total. The van der Waals surface area contributed by atoms with Crippen LogP contribution in [0.3, 0.4) is 0 Å². The van der Waals surface area contributed by atoms with E-state index in [0.29, 0.717) is 35.6 Å². The lowest BCUT2D eigenvalue weighted by Gasteiger charge is -2.38. The van der Waals surface area contributed by atoms with Gasteiger partial charge in [0, 0.05) is 74.1 Å². The fraction of sp³-hybridized carbons (Fsp3) is 0.421. The minimum atomic E-state index is -0.316. The Bertz CT molecular complexity index is 2050. The average molecular weight is 708 g/mol. The van der Waals surface area contributed by atoms with Gasteiger partial charge in [0.15, 0.2) is 11.5 Å². The summed E-state index contributed by atoms with van der Waals surface area (Å²) in [7, 11) is 3.17. The number of benzene rings is 2. The van der Waals surface area contributed by atoms with Gasteiger partial charge >= 0.3 is 0 Å². The number of piperazine rings is 1. The zero-order valence-corrected chi connectivity index (χ0v) is 29.6. The van der Waals surface area contributed by atoms with E-state index in [1.54, 1.807) is 54.5 Å². The van der Waals surface area contributed by atoms with E-state index in [4.69, 9.17) is 9.47 Å². The second-order valence-electron chi connectivity index (χ2n) is 13.6. The number of nitrogens with one attached hydrogen (secondary N) is 3. The number of H-pyrrole nitrogens is 1. The first-order valence-electron chi connectivity index (χ1n) is 18.0. The Labute approximate surface area is 301 Å². The Kier molecular flexibility index (Phi) is 10.6. The number of ether oxygens (including phenoxy) is 2. The molecule has 5 aromatic rings. The quantitative estimate of drug-likeness (QED) is 0.192. The number of piperidine rings is 1. The lowest BCUT2D eigenvalue weighted by molar-refractivity contribution is -0.134. The average Bonchev–Trinajstić information content (AvgIpc) is 3.82. The Hall–Kier alpha value is -5.50. The third-order valence-corrected chi connectivity index (χ3v) is 10.3. The minimum Gasteiger partial charge on any atom is -0.496 e.